The molecule has 0 spiro atoms. The predicted octanol–water partition coefficient (Wildman–Crippen LogP) is -1.40. The van der Waals surface area contributed by atoms with Gasteiger partial charge in [-0.2, -0.15) is 23.5 Å². The molecule has 34 heteroatoms. The smallest absolute Gasteiger partial charge is 0.305 e. The van der Waals surface area contributed by atoms with Crippen LogP contribution < -0.4 is 69.4 Å². The van der Waals surface area contributed by atoms with Crippen molar-refractivity contribution in [3.63, 3.8) is 0 Å². The molecule has 32 nitrogen and oxygen atoms in total. The zero-order valence-electron chi connectivity index (χ0n) is 53.7. The summed E-state index contributed by atoms with van der Waals surface area (Å²) >= 11 is 2.30. The summed E-state index contributed by atoms with van der Waals surface area (Å²) in [6.45, 7) is 8.24. The van der Waals surface area contributed by atoms with Crippen LogP contribution in [-0.2, 0) is 80.3 Å². The number of carboxylic acid groups (broad SMARTS) is 2. The summed E-state index contributed by atoms with van der Waals surface area (Å²) in [6, 6.07) is -4.28. The molecule has 2 aliphatic heterocycles. The van der Waals surface area contributed by atoms with Crippen LogP contribution in [0.3, 0.4) is 0 Å². The highest BCUT2D eigenvalue weighted by atomic mass is 32.2. The van der Waals surface area contributed by atoms with Gasteiger partial charge in [-0.05, 0) is 105 Å². The lowest BCUT2D eigenvalue weighted by Gasteiger charge is -2.30. The number of aliphatic hydroxyl groups is 1. The number of phenolic OH excluding ortho intramolecular Hbond substituents is 1. The second-order valence-electron chi connectivity index (χ2n) is 23.5. The standard InChI is InChI=1S/C61H90N14O18S2/c1-6-33(4)50-59(90)75-51(34(5)76)60(91)71-42(24-35-13-15-38(77)16-14-35)55(86)69-43(25-48(79)80)56(87)72-45(52(62)83)30-94-28-36-21-37-23-39(22-36)92-18-9-7-8-10-19-93-66-27-47(78)67-40(12-11-17-65-61(63)64)53(84)73-46(31-95-29-37)58(89)68-41(20-32(2)3)54(85)70-44(26-49(81)82)57(88)74-50/h13-16,21-23,27,32-34,40-46,50-51,76-77H,6-12,17-20,24-26,28-31H2,1-5H3,(H2,62,83)(H,67,78)(H,68,89)(H,69,86)(H,70,85)(H,71,91)(H,72,87)(H,73,84)(H,74,88)(H,75,90)(H,79,80)(H,81,82)(H4,63,64,65)/b66-27+/t33-,34+,40-,41-,42-,43-,44-,45-,46-,50-,51-/m0/s1. The number of nitrogens with zero attached hydrogens (tertiary/aromatic N) is 1. The molecule has 4 bridgehead atoms. The fourth-order valence-electron chi connectivity index (χ4n) is 9.68. The number of fused-ring (bicyclic) bond motifs is 5. The third kappa shape index (κ3) is 28.7. The maximum absolute atomic E-state index is 14.8. The molecule has 0 radical (unpaired) electrons. The van der Waals surface area contributed by atoms with Gasteiger partial charge < -0.3 is 94.6 Å². The van der Waals surface area contributed by atoms with E-state index in [-0.39, 0.29) is 86.1 Å². The van der Waals surface area contributed by atoms with Gasteiger partial charge in [-0.25, -0.2) is 0 Å². The number of ether oxygens (including phenoxy) is 1. The van der Waals surface area contributed by atoms with Crippen molar-refractivity contribution in [1.29, 1.82) is 5.41 Å². The number of carbonyl (C=O) groups is 12. The van der Waals surface area contributed by atoms with Crippen LogP contribution >= 0.6 is 23.5 Å². The van der Waals surface area contributed by atoms with Crippen molar-refractivity contribution in [2.45, 2.75) is 177 Å². The summed E-state index contributed by atoms with van der Waals surface area (Å²) in [7, 11) is 0. The van der Waals surface area contributed by atoms with Crippen molar-refractivity contribution in [2.75, 3.05) is 31.3 Å². The number of primary amides is 1. The van der Waals surface area contributed by atoms with Crippen molar-refractivity contribution < 1.29 is 87.5 Å². The number of oxime groups is 1. The van der Waals surface area contributed by atoms with E-state index in [1.165, 1.54) is 31.2 Å². The van der Waals surface area contributed by atoms with E-state index in [0.29, 0.717) is 41.7 Å². The number of aliphatic hydroxyl groups excluding tert-OH is 1. The average molecular weight is 1370 g/mol. The molecule has 0 aliphatic carbocycles. The molecule has 4 rings (SSSR count). The number of guanidine groups is 1. The van der Waals surface area contributed by atoms with Crippen LogP contribution in [0, 0.1) is 17.2 Å². The number of hydrogen-bond acceptors (Lipinski definition) is 20. The van der Waals surface area contributed by atoms with Gasteiger partial charge in [-0.1, -0.05) is 57.5 Å². The molecule has 19 N–H and O–H groups in total. The van der Waals surface area contributed by atoms with E-state index >= 15 is 0 Å². The number of carboxylic acids is 2. The van der Waals surface area contributed by atoms with Gasteiger partial charge in [0.2, 0.25) is 53.2 Å². The first-order valence-electron chi connectivity index (χ1n) is 31.1. The Kier molecular flexibility index (Phi) is 33.4. The Morgan fingerprint density at radius 1 is 0.653 bits per heavy atom. The minimum absolute atomic E-state index is 0.0531. The number of amides is 10. The molecule has 0 saturated heterocycles. The number of aromatic hydroxyl groups is 1. The van der Waals surface area contributed by atoms with E-state index in [4.69, 9.17) is 26.5 Å². The first kappa shape index (κ1) is 78.5. The lowest BCUT2D eigenvalue weighted by molar-refractivity contribution is -0.142. The quantitative estimate of drug-likeness (QED) is 0.0522. The third-order valence-corrected chi connectivity index (χ3v) is 17.1. The Labute approximate surface area is 558 Å². The first-order chi connectivity index (χ1) is 45.0. The molecule has 2 aromatic carbocycles. The average Bonchev–Trinajstić information content (AvgIpc) is 1.01. The minimum atomic E-state index is -1.94. The molecule has 524 valence electrons. The largest absolute Gasteiger partial charge is 0.508 e. The molecule has 2 aromatic rings. The molecule has 0 fully saturated rings. The Morgan fingerprint density at radius 2 is 1.19 bits per heavy atom. The molecule has 2 aliphatic rings. The fraction of sp³-hybridized carbons (Fsp3) is 0.574. The highest BCUT2D eigenvalue weighted by Crippen LogP contribution is 2.26. The number of hydrogen-bond donors (Lipinski definition) is 17. The molecular formula is C61H90N14O18S2. The van der Waals surface area contributed by atoms with Crippen molar-refractivity contribution >= 4 is 107 Å². The van der Waals surface area contributed by atoms with Crippen LogP contribution in [0.2, 0.25) is 0 Å². The molecule has 0 aromatic heterocycles. The van der Waals surface area contributed by atoms with Crippen molar-refractivity contribution in [1.82, 2.24) is 53.2 Å². The van der Waals surface area contributed by atoms with Gasteiger partial charge in [0.05, 0.1) is 25.6 Å². The van der Waals surface area contributed by atoms with Gasteiger partial charge >= 0.3 is 11.9 Å². The topological polar surface area (TPSA) is 513 Å². The second-order valence-corrected chi connectivity index (χ2v) is 25.5. The summed E-state index contributed by atoms with van der Waals surface area (Å²) < 4.78 is 6.23. The lowest BCUT2D eigenvalue weighted by atomic mass is 9.96. The normalized spacial score (nSPS) is 24.6. The summed E-state index contributed by atoms with van der Waals surface area (Å²) in [5, 5.41) is 77.4. The Morgan fingerprint density at radius 3 is 1.77 bits per heavy atom. The van der Waals surface area contributed by atoms with E-state index in [0.717, 1.165) is 43.1 Å². The van der Waals surface area contributed by atoms with Crippen LogP contribution in [0.4, 0.5) is 0 Å². The highest BCUT2D eigenvalue weighted by Gasteiger charge is 2.39. The molecular weight excluding hydrogens is 1280 g/mol. The zero-order chi connectivity index (χ0) is 70.3. The number of carbonyl (C=O) groups excluding carboxylic acids is 10. The molecule has 95 heavy (non-hydrogen) atoms. The van der Waals surface area contributed by atoms with Crippen molar-refractivity contribution in [3.8, 4) is 11.5 Å². The van der Waals surface area contributed by atoms with Crippen molar-refractivity contribution in [2.24, 2.45) is 28.5 Å². The van der Waals surface area contributed by atoms with Crippen LogP contribution in [0.25, 0.3) is 0 Å². The SMILES string of the molecule is CC[C@H](C)[C@@H]1NC(=O)[C@H](CC(=O)O)NC(=O)[C@H](CC(C)C)NC(=O)[C@@H]2CSCc3cc(cc(c3)OCCCCCCO/N=C/C(=O)N[C@@H](CCCNC(=N)N)C(=O)N2)CSC[C@@H](C(N)=O)NC(=O)[C@H](CC(=O)O)NC(=O)[C@H](Cc2ccc(O)cc2)NC(=O)[C@H]([C@@H](C)O)NC1=O. The van der Waals surface area contributed by atoms with E-state index < -0.39 is 157 Å². The number of nitrogens with one attached hydrogen (secondary N) is 11. The third-order valence-electron chi connectivity index (χ3n) is 14.9. The Balaban J connectivity index is 1.89. The summed E-state index contributed by atoms with van der Waals surface area (Å²) in [4.78, 5) is 171. The van der Waals surface area contributed by atoms with Crippen molar-refractivity contribution in [3.05, 3.63) is 59.2 Å². The highest BCUT2D eigenvalue weighted by molar-refractivity contribution is 7.98. The molecule has 2 heterocycles. The van der Waals surface area contributed by atoms with Crippen LogP contribution in [0.15, 0.2) is 47.6 Å². The molecule has 11 atom stereocenters. The number of rotatable bonds is 16. The monoisotopic (exact) mass is 1370 g/mol. The molecule has 0 saturated carbocycles. The number of aliphatic carboxylic acids is 2. The summed E-state index contributed by atoms with van der Waals surface area (Å²) in [6.07, 6.45) is -0.618. The van der Waals surface area contributed by atoms with Gasteiger partial charge in [0.25, 0.3) is 5.91 Å². The maximum Gasteiger partial charge on any atom is 0.305 e. The Bertz CT molecular complexity index is 3030. The number of phenols is 1. The predicted molar refractivity (Wildman–Crippen MR) is 350 cm³/mol. The Hall–Kier alpha value is -8.92. The van der Waals surface area contributed by atoms with E-state index in [1.54, 1.807) is 39.0 Å². The lowest BCUT2D eigenvalue weighted by Crippen LogP contribution is -2.63. The number of benzene rings is 2. The van der Waals surface area contributed by atoms with Crippen LogP contribution in [-0.4, -0.2) is 195 Å². The molecule has 0 unspecified atom stereocenters. The van der Waals surface area contributed by atoms with Gasteiger partial charge in [-0.15, -0.1) is 0 Å². The fourth-order valence-corrected chi connectivity index (χ4v) is 11.7. The molecule has 10 amide bonds. The van der Waals surface area contributed by atoms with E-state index in [1.807, 2.05) is 0 Å². The zero-order valence-corrected chi connectivity index (χ0v) is 55.3. The number of thioether (sulfide) groups is 2. The second kappa shape index (κ2) is 40.4. The van der Waals surface area contributed by atoms with E-state index in [9.17, 15) is 78.0 Å². The van der Waals surface area contributed by atoms with Gasteiger partial charge in [0, 0.05) is 36.0 Å². The number of nitrogens with two attached hydrogens (primary N) is 2. The summed E-state index contributed by atoms with van der Waals surface area (Å²) in [5.41, 5.74) is 12.9. The first-order valence-corrected chi connectivity index (χ1v) is 33.4. The van der Waals surface area contributed by atoms with Crippen LogP contribution in [0.5, 0.6) is 11.5 Å². The van der Waals surface area contributed by atoms with E-state index in [2.05, 4.69) is 58.3 Å². The van der Waals surface area contributed by atoms with Gasteiger partial charge in [0.1, 0.15) is 78.7 Å². The summed E-state index contributed by atoms with van der Waals surface area (Å²) in [5.74, 6) is -15.0. The van der Waals surface area contributed by atoms with Gasteiger partial charge in [0.15, 0.2) is 5.96 Å². The maximum atomic E-state index is 14.8. The van der Waals surface area contributed by atoms with Crippen LogP contribution in [0.1, 0.15) is 116 Å². The minimum Gasteiger partial charge on any atom is -0.508 e. The van der Waals surface area contributed by atoms with Gasteiger partial charge in [-0.3, -0.25) is 62.9 Å².